The molecule has 2 fully saturated rings. The van der Waals surface area contributed by atoms with Crippen LogP contribution in [-0.4, -0.2) is 71.5 Å². The van der Waals surface area contributed by atoms with Crippen molar-refractivity contribution in [2.24, 2.45) is 0 Å². The zero-order valence-corrected chi connectivity index (χ0v) is 18.6. The van der Waals surface area contributed by atoms with Gasteiger partial charge < -0.3 is 20.5 Å². The molecule has 0 aliphatic carbocycles. The third-order valence-electron chi connectivity index (χ3n) is 6.18. The summed E-state index contributed by atoms with van der Waals surface area (Å²) in [5.41, 5.74) is 2.22. The van der Waals surface area contributed by atoms with E-state index in [1.807, 2.05) is 36.2 Å². The first-order valence-electron chi connectivity index (χ1n) is 11.4. The number of hydrogen-bond acceptors (Lipinski definition) is 6. The Bertz CT molecular complexity index is 1010. The number of carbonyl (C=O) groups is 1. The number of piperidine rings is 1. The van der Waals surface area contributed by atoms with Crippen LogP contribution in [0, 0.1) is 0 Å². The molecule has 3 N–H and O–H groups in total. The SMILES string of the molecule is CNc1cc(-c2c[nH]c(=O)c(N[C@@H]3CCN(C(=O)C=CCN4CCCCC4)C3)c2)ccn1. The van der Waals surface area contributed by atoms with Gasteiger partial charge in [-0.3, -0.25) is 14.5 Å². The van der Waals surface area contributed by atoms with Gasteiger partial charge in [0.05, 0.1) is 0 Å². The van der Waals surface area contributed by atoms with Crippen LogP contribution in [0.25, 0.3) is 11.1 Å². The van der Waals surface area contributed by atoms with Crippen LogP contribution in [0.1, 0.15) is 25.7 Å². The highest BCUT2D eigenvalue weighted by molar-refractivity contribution is 5.88. The summed E-state index contributed by atoms with van der Waals surface area (Å²) in [6, 6.07) is 5.75. The number of nitrogens with one attached hydrogen (secondary N) is 3. The Balaban J connectivity index is 1.34. The van der Waals surface area contributed by atoms with E-state index in [9.17, 15) is 9.59 Å². The summed E-state index contributed by atoms with van der Waals surface area (Å²) in [7, 11) is 1.82. The summed E-state index contributed by atoms with van der Waals surface area (Å²) in [6.45, 7) is 4.37. The van der Waals surface area contributed by atoms with Crippen LogP contribution in [0.15, 0.2) is 47.5 Å². The molecule has 0 unspecified atom stereocenters. The van der Waals surface area contributed by atoms with Gasteiger partial charge in [0, 0.05) is 56.8 Å². The van der Waals surface area contributed by atoms with Gasteiger partial charge in [-0.2, -0.15) is 0 Å². The minimum Gasteiger partial charge on any atom is -0.376 e. The van der Waals surface area contributed by atoms with Crippen molar-refractivity contribution in [2.45, 2.75) is 31.7 Å². The fourth-order valence-corrected chi connectivity index (χ4v) is 4.35. The molecule has 0 bridgehead atoms. The number of carbonyl (C=O) groups excluding carboxylic acids is 1. The molecule has 8 nitrogen and oxygen atoms in total. The average Bonchev–Trinajstić information content (AvgIpc) is 3.30. The maximum atomic E-state index is 12.6. The molecule has 2 aromatic heterocycles. The van der Waals surface area contributed by atoms with E-state index in [0.29, 0.717) is 18.8 Å². The Morgan fingerprint density at radius 3 is 2.88 bits per heavy atom. The van der Waals surface area contributed by atoms with E-state index in [1.54, 1.807) is 18.5 Å². The van der Waals surface area contributed by atoms with Gasteiger partial charge in [0.25, 0.3) is 5.56 Å². The van der Waals surface area contributed by atoms with Gasteiger partial charge in [0.1, 0.15) is 11.5 Å². The number of nitrogens with zero attached hydrogens (tertiary/aromatic N) is 3. The Morgan fingerprint density at radius 2 is 2.06 bits per heavy atom. The maximum Gasteiger partial charge on any atom is 0.271 e. The highest BCUT2D eigenvalue weighted by atomic mass is 16.2. The quantitative estimate of drug-likeness (QED) is 0.578. The molecule has 0 spiro atoms. The van der Waals surface area contributed by atoms with Gasteiger partial charge in [0.15, 0.2) is 0 Å². The summed E-state index contributed by atoms with van der Waals surface area (Å²) in [4.78, 5) is 36.2. The third-order valence-corrected chi connectivity index (χ3v) is 6.18. The summed E-state index contributed by atoms with van der Waals surface area (Å²) in [5.74, 6) is 0.812. The molecule has 2 aliphatic rings. The zero-order chi connectivity index (χ0) is 22.3. The largest absolute Gasteiger partial charge is 0.376 e. The highest BCUT2D eigenvalue weighted by Crippen LogP contribution is 2.23. The summed E-state index contributed by atoms with van der Waals surface area (Å²) in [5, 5.41) is 6.37. The fourth-order valence-electron chi connectivity index (χ4n) is 4.35. The molecule has 4 heterocycles. The lowest BCUT2D eigenvalue weighted by Gasteiger charge is -2.24. The molecular weight excluding hydrogens is 404 g/mol. The monoisotopic (exact) mass is 436 g/mol. The predicted octanol–water partition coefficient (Wildman–Crippen LogP) is 2.53. The first-order valence-corrected chi connectivity index (χ1v) is 11.4. The van der Waals surface area contributed by atoms with E-state index in [0.717, 1.165) is 43.0 Å². The Hall–Kier alpha value is -3.13. The van der Waals surface area contributed by atoms with E-state index >= 15 is 0 Å². The van der Waals surface area contributed by atoms with Crippen LogP contribution in [0.5, 0.6) is 0 Å². The molecule has 0 radical (unpaired) electrons. The fraction of sp³-hybridized carbons (Fsp3) is 0.458. The first kappa shape index (κ1) is 22.1. The van der Waals surface area contributed by atoms with Crippen LogP contribution in [0.4, 0.5) is 11.5 Å². The second-order valence-electron chi connectivity index (χ2n) is 8.49. The van der Waals surface area contributed by atoms with Crippen molar-refractivity contribution in [2.75, 3.05) is 50.4 Å². The predicted molar refractivity (Wildman–Crippen MR) is 128 cm³/mol. The molecule has 32 heavy (non-hydrogen) atoms. The Morgan fingerprint density at radius 1 is 1.22 bits per heavy atom. The van der Waals surface area contributed by atoms with Gasteiger partial charge >= 0.3 is 0 Å². The molecule has 170 valence electrons. The van der Waals surface area contributed by atoms with E-state index in [1.165, 1.54) is 19.3 Å². The van der Waals surface area contributed by atoms with Gasteiger partial charge in [-0.15, -0.1) is 0 Å². The minimum atomic E-state index is -0.164. The molecule has 1 atom stereocenters. The molecule has 2 aliphatic heterocycles. The number of aromatic amines is 1. The lowest BCUT2D eigenvalue weighted by atomic mass is 10.1. The van der Waals surface area contributed by atoms with Crippen molar-refractivity contribution < 1.29 is 4.79 Å². The smallest absolute Gasteiger partial charge is 0.271 e. The highest BCUT2D eigenvalue weighted by Gasteiger charge is 2.25. The third kappa shape index (κ3) is 5.56. The van der Waals surface area contributed by atoms with Crippen molar-refractivity contribution >= 4 is 17.4 Å². The molecular formula is C24H32N6O2. The first-order chi connectivity index (χ1) is 15.6. The summed E-state index contributed by atoms with van der Waals surface area (Å²) < 4.78 is 0. The summed E-state index contributed by atoms with van der Waals surface area (Å²) >= 11 is 0. The van der Waals surface area contributed by atoms with Crippen molar-refractivity contribution in [3.63, 3.8) is 0 Å². The van der Waals surface area contributed by atoms with Crippen molar-refractivity contribution in [1.82, 2.24) is 19.8 Å². The van der Waals surface area contributed by atoms with Crippen LogP contribution in [-0.2, 0) is 4.79 Å². The van der Waals surface area contributed by atoms with Gasteiger partial charge in [-0.25, -0.2) is 4.98 Å². The molecule has 2 aromatic rings. The normalized spacial score (nSPS) is 19.4. The number of aromatic nitrogens is 2. The number of anilines is 2. The lowest BCUT2D eigenvalue weighted by Crippen LogP contribution is -2.32. The van der Waals surface area contributed by atoms with E-state index in [-0.39, 0.29) is 17.5 Å². The number of H-pyrrole nitrogens is 1. The van der Waals surface area contributed by atoms with Crippen LogP contribution < -0.4 is 16.2 Å². The topological polar surface area (TPSA) is 93.4 Å². The van der Waals surface area contributed by atoms with E-state index in [4.69, 9.17) is 0 Å². The molecule has 0 saturated carbocycles. The van der Waals surface area contributed by atoms with Crippen LogP contribution in [0.2, 0.25) is 0 Å². The number of likely N-dealkylation sites (tertiary alicyclic amines) is 2. The molecule has 2 saturated heterocycles. The van der Waals surface area contributed by atoms with Crippen molar-refractivity contribution in [3.8, 4) is 11.1 Å². The minimum absolute atomic E-state index is 0.0466. The van der Waals surface area contributed by atoms with Gasteiger partial charge in [-0.05, 0) is 56.1 Å². The zero-order valence-electron chi connectivity index (χ0n) is 18.6. The second-order valence-corrected chi connectivity index (χ2v) is 8.49. The average molecular weight is 437 g/mol. The second kappa shape index (κ2) is 10.5. The number of rotatable bonds is 7. The van der Waals surface area contributed by atoms with E-state index in [2.05, 4.69) is 25.5 Å². The van der Waals surface area contributed by atoms with Crippen LogP contribution in [0.3, 0.4) is 0 Å². The lowest BCUT2D eigenvalue weighted by molar-refractivity contribution is -0.125. The number of amides is 1. The van der Waals surface area contributed by atoms with Gasteiger partial charge in [-0.1, -0.05) is 12.5 Å². The van der Waals surface area contributed by atoms with Crippen molar-refractivity contribution in [3.05, 3.63) is 53.1 Å². The molecule has 0 aromatic carbocycles. The molecule has 1 amide bonds. The Kier molecular flexibility index (Phi) is 7.21. The van der Waals surface area contributed by atoms with Gasteiger partial charge in [0.2, 0.25) is 5.91 Å². The standard InChI is InChI=1S/C24H32N6O2/c1-25-22-15-18(7-9-26-22)19-14-21(24(32)27-16-19)28-20-8-13-30(17-20)23(31)6-5-12-29-10-3-2-4-11-29/h5-7,9,14-16,20,28H,2-4,8,10-13,17H2,1H3,(H,25,26)(H,27,32)/t20-/m1/s1. The molecule has 4 rings (SSSR count). The molecule has 8 heteroatoms. The summed E-state index contributed by atoms with van der Waals surface area (Å²) in [6.07, 6.45) is 11.8. The Labute approximate surface area is 188 Å². The van der Waals surface area contributed by atoms with E-state index < -0.39 is 0 Å². The van der Waals surface area contributed by atoms with Crippen LogP contribution >= 0.6 is 0 Å². The maximum absolute atomic E-state index is 12.6. The number of hydrogen-bond donors (Lipinski definition) is 3. The van der Waals surface area contributed by atoms with Crippen molar-refractivity contribution in [1.29, 1.82) is 0 Å². The number of pyridine rings is 2.